The molecule has 0 rings (SSSR count). The molecule has 0 spiro atoms. The number of likely N-dealkylation sites (N-methyl/N-ethyl adjacent to an activating group) is 1. The SMILES string of the molecule is C=CC(CCCC)NC. The van der Waals surface area contributed by atoms with Gasteiger partial charge in [0, 0.05) is 6.04 Å². The van der Waals surface area contributed by atoms with Crippen LogP contribution in [0.1, 0.15) is 26.2 Å². The van der Waals surface area contributed by atoms with Crippen LogP contribution in [-0.2, 0) is 0 Å². The minimum Gasteiger partial charge on any atom is -0.314 e. The maximum Gasteiger partial charge on any atom is 0.0244 e. The van der Waals surface area contributed by atoms with Gasteiger partial charge in [-0.2, -0.15) is 0 Å². The molecule has 0 aliphatic heterocycles. The lowest BCUT2D eigenvalue weighted by Crippen LogP contribution is -2.21. The fraction of sp³-hybridized carbons (Fsp3) is 0.750. The molecule has 0 aromatic carbocycles. The molecule has 54 valence electrons. The molecular weight excluding hydrogens is 110 g/mol. The minimum atomic E-state index is 0.518. The van der Waals surface area contributed by atoms with Crippen LogP contribution in [-0.4, -0.2) is 13.1 Å². The lowest BCUT2D eigenvalue weighted by atomic mass is 10.1. The van der Waals surface area contributed by atoms with Crippen LogP contribution < -0.4 is 5.32 Å². The van der Waals surface area contributed by atoms with Crippen molar-refractivity contribution in [2.45, 2.75) is 32.2 Å². The predicted octanol–water partition coefficient (Wildman–Crippen LogP) is 1.95. The Balaban J connectivity index is 3.20. The van der Waals surface area contributed by atoms with Crippen LogP contribution in [0.5, 0.6) is 0 Å². The van der Waals surface area contributed by atoms with E-state index >= 15 is 0 Å². The molecular formula is C8H17N. The fourth-order valence-corrected chi connectivity index (χ4v) is 0.804. The van der Waals surface area contributed by atoms with Crippen LogP contribution in [0.25, 0.3) is 0 Å². The summed E-state index contributed by atoms with van der Waals surface area (Å²) in [5, 5.41) is 3.17. The molecule has 0 saturated carbocycles. The molecule has 1 unspecified atom stereocenters. The summed E-state index contributed by atoms with van der Waals surface area (Å²) >= 11 is 0. The summed E-state index contributed by atoms with van der Waals surface area (Å²) in [6.07, 6.45) is 5.75. The highest BCUT2D eigenvalue weighted by Gasteiger charge is 1.96. The second kappa shape index (κ2) is 5.83. The minimum absolute atomic E-state index is 0.518. The van der Waals surface area contributed by atoms with Crippen molar-refractivity contribution in [3.05, 3.63) is 12.7 Å². The third-order valence-electron chi connectivity index (χ3n) is 1.52. The van der Waals surface area contributed by atoms with E-state index in [1.54, 1.807) is 0 Å². The van der Waals surface area contributed by atoms with Crippen LogP contribution >= 0.6 is 0 Å². The molecule has 0 heterocycles. The standard InChI is InChI=1S/C8H17N/c1-4-6-7-8(5-2)9-3/h5,8-9H,2,4,6-7H2,1,3H3. The summed E-state index contributed by atoms with van der Waals surface area (Å²) in [5.74, 6) is 0. The zero-order chi connectivity index (χ0) is 7.11. The van der Waals surface area contributed by atoms with Gasteiger partial charge in [-0.25, -0.2) is 0 Å². The van der Waals surface area contributed by atoms with Gasteiger partial charge >= 0.3 is 0 Å². The second-order valence-electron chi connectivity index (χ2n) is 2.27. The average Bonchev–Trinajstić information content (AvgIpc) is 1.91. The van der Waals surface area contributed by atoms with E-state index in [1.807, 2.05) is 13.1 Å². The van der Waals surface area contributed by atoms with Gasteiger partial charge in [0.15, 0.2) is 0 Å². The monoisotopic (exact) mass is 127 g/mol. The lowest BCUT2D eigenvalue weighted by molar-refractivity contribution is 0.580. The van der Waals surface area contributed by atoms with Crippen molar-refractivity contribution >= 4 is 0 Å². The normalized spacial score (nSPS) is 13.1. The summed E-state index contributed by atoms with van der Waals surface area (Å²) in [5.41, 5.74) is 0. The Bertz CT molecular complexity index is 69.0. The Morgan fingerprint density at radius 1 is 1.67 bits per heavy atom. The van der Waals surface area contributed by atoms with Crippen LogP contribution in [0.2, 0.25) is 0 Å². The first kappa shape index (κ1) is 8.70. The molecule has 0 amide bonds. The highest BCUT2D eigenvalue weighted by molar-refractivity contribution is 4.83. The molecule has 0 fully saturated rings. The molecule has 0 aromatic rings. The highest BCUT2D eigenvalue weighted by atomic mass is 14.8. The molecule has 1 nitrogen and oxygen atoms in total. The van der Waals surface area contributed by atoms with Crippen molar-refractivity contribution in [1.29, 1.82) is 0 Å². The van der Waals surface area contributed by atoms with Crippen LogP contribution in [0, 0.1) is 0 Å². The Hall–Kier alpha value is -0.300. The lowest BCUT2D eigenvalue weighted by Gasteiger charge is -2.08. The van der Waals surface area contributed by atoms with Gasteiger partial charge in [-0.05, 0) is 13.5 Å². The quantitative estimate of drug-likeness (QED) is 0.557. The Morgan fingerprint density at radius 3 is 2.67 bits per heavy atom. The van der Waals surface area contributed by atoms with Crippen molar-refractivity contribution in [3.63, 3.8) is 0 Å². The molecule has 0 radical (unpaired) electrons. The topological polar surface area (TPSA) is 12.0 Å². The smallest absolute Gasteiger partial charge is 0.0244 e. The zero-order valence-corrected chi connectivity index (χ0v) is 6.48. The van der Waals surface area contributed by atoms with Crippen molar-refractivity contribution in [2.75, 3.05) is 7.05 Å². The molecule has 0 aromatic heterocycles. The fourth-order valence-electron chi connectivity index (χ4n) is 0.804. The molecule has 0 aliphatic rings. The Morgan fingerprint density at radius 2 is 2.33 bits per heavy atom. The van der Waals surface area contributed by atoms with Gasteiger partial charge in [0.2, 0.25) is 0 Å². The van der Waals surface area contributed by atoms with E-state index in [1.165, 1.54) is 19.3 Å². The van der Waals surface area contributed by atoms with E-state index in [0.29, 0.717) is 6.04 Å². The zero-order valence-electron chi connectivity index (χ0n) is 6.48. The first-order chi connectivity index (χ1) is 4.35. The summed E-state index contributed by atoms with van der Waals surface area (Å²) in [7, 11) is 1.97. The Kier molecular flexibility index (Phi) is 5.64. The molecule has 1 atom stereocenters. The molecule has 9 heavy (non-hydrogen) atoms. The van der Waals surface area contributed by atoms with Crippen LogP contribution in [0.15, 0.2) is 12.7 Å². The third kappa shape index (κ3) is 4.22. The van der Waals surface area contributed by atoms with Gasteiger partial charge in [0.1, 0.15) is 0 Å². The molecule has 0 aliphatic carbocycles. The number of hydrogen-bond donors (Lipinski definition) is 1. The number of unbranched alkanes of at least 4 members (excludes halogenated alkanes) is 1. The molecule has 1 N–H and O–H groups in total. The van der Waals surface area contributed by atoms with Crippen LogP contribution in [0.3, 0.4) is 0 Å². The number of nitrogens with one attached hydrogen (secondary N) is 1. The first-order valence-corrected chi connectivity index (χ1v) is 3.65. The molecule has 1 heteroatoms. The number of hydrogen-bond acceptors (Lipinski definition) is 1. The molecule has 0 bridgehead atoms. The van der Waals surface area contributed by atoms with Gasteiger partial charge < -0.3 is 5.32 Å². The van der Waals surface area contributed by atoms with Crippen molar-refractivity contribution in [2.24, 2.45) is 0 Å². The van der Waals surface area contributed by atoms with Crippen LogP contribution in [0.4, 0.5) is 0 Å². The van der Waals surface area contributed by atoms with E-state index < -0.39 is 0 Å². The van der Waals surface area contributed by atoms with Gasteiger partial charge in [-0.3, -0.25) is 0 Å². The van der Waals surface area contributed by atoms with Gasteiger partial charge in [-0.1, -0.05) is 25.8 Å². The Labute approximate surface area is 58.2 Å². The average molecular weight is 127 g/mol. The maximum absolute atomic E-state index is 3.72. The number of rotatable bonds is 5. The van der Waals surface area contributed by atoms with Crippen molar-refractivity contribution in [1.82, 2.24) is 5.32 Å². The highest BCUT2D eigenvalue weighted by Crippen LogP contribution is 1.99. The summed E-state index contributed by atoms with van der Waals surface area (Å²) in [6.45, 7) is 5.93. The van der Waals surface area contributed by atoms with Gasteiger partial charge in [0.25, 0.3) is 0 Å². The summed E-state index contributed by atoms with van der Waals surface area (Å²) in [6, 6.07) is 0.518. The summed E-state index contributed by atoms with van der Waals surface area (Å²) in [4.78, 5) is 0. The van der Waals surface area contributed by atoms with Gasteiger partial charge in [-0.15, -0.1) is 6.58 Å². The third-order valence-corrected chi connectivity index (χ3v) is 1.52. The van der Waals surface area contributed by atoms with E-state index in [9.17, 15) is 0 Å². The molecule has 0 saturated heterocycles. The largest absolute Gasteiger partial charge is 0.314 e. The second-order valence-corrected chi connectivity index (χ2v) is 2.27. The predicted molar refractivity (Wildman–Crippen MR) is 42.6 cm³/mol. The van der Waals surface area contributed by atoms with E-state index in [0.717, 1.165) is 0 Å². The van der Waals surface area contributed by atoms with E-state index in [4.69, 9.17) is 0 Å². The van der Waals surface area contributed by atoms with E-state index in [2.05, 4.69) is 18.8 Å². The summed E-state index contributed by atoms with van der Waals surface area (Å²) < 4.78 is 0. The maximum atomic E-state index is 3.72. The first-order valence-electron chi connectivity index (χ1n) is 3.65. The van der Waals surface area contributed by atoms with Crippen molar-refractivity contribution in [3.8, 4) is 0 Å². The van der Waals surface area contributed by atoms with E-state index in [-0.39, 0.29) is 0 Å². The van der Waals surface area contributed by atoms with Gasteiger partial charge in [0.05, 0.1) is 0 Å². The van der Waals surface area contributed by atoms with Crippen molar-refractivity contribution < 1.29 is 0 Å².